The Labute approximate surface area is 157 Å². The van der Waals surface area contributed by atoms with Gasteiger partial charge in [-0.3, -0.25) is 0 Å². The lowest BCUT2D eigenvalue weighted by Crippen LogP contribution is -2.47. The van der Waals surface area contributed by atoms with Crippen LogP contribution in [0.4, 0.5) is 11.5 Å². The van der Waals surface area contributed by atoms with E-state index < -0.39 is 0 Å². The van der Waals surface area contributed by atoms with E-state index in [1.807, 2.05) is 0 Å². The molecule has 1 aliphatic heterocycles. The molecule has 0 amide bonds. The summed E-state index contributed by atoms with van der Waals surface area (Å²) in [4.78, 5) is 14.1. The summed E-state index contributed by atoms with van der Waals surface area (Å²) in [5.41, 5.74) is 2.38. The third-order valence-corrected chi connectivity index (χ3v) is 4.09. The molecule has 1 aliphatic rings. The molecule has 0 bridgehead atoms. The summed E-state index contributed by atoms with van der Waals surface area (Å²) in [6.07, 6.45) is 2.04. The summed E-state index contributed by atoms with van der Waals surface area (Å²) in [5, 5.41) is 0. The van der Waals surface area contributed by atoms with Crippen molar-refractivity contribution >= 4 is 36.3 Å². The lowest BCUT2D eigenvalue weighted by molar-refractivity contribution is 0.643. The van der Waals surface area contributed by atoms with Crippen LogP contribution < -0.4 is 9.80 Å². The maximum absolute atomic E-state index is 4.74. The molecule has 0 aliphatic carbocycles. The van der Waals surface area contributed by atoms with E-state index in [0.717, 1.165) is 56.4 Å². The smallest absolute Gasteiger partial charge is 0.132 e. The highest BCUT2D eigenvalue weighted by Gasteiger charge is 2.19. The number of piperazine rings is 1. The minimum absolute atomic E-state index is 0. The van der Waals surface area contributed by atoms with Gasteiger partial charge in [-0.2, -0.15) is 0 Å². The van der Waals surface area contributed by atoms with Crippen LogP contribution in [0.3, 0.4) is 0 Å². The predicted molar refractivity (Wildman–Crippen MR) is 106 cm³/mol. The van der Waals surface area contributed by atoms with Gasteiger partial charge >= 0.3 is 0 Å². The van der Waals surface area contributed by atoms with E-state index in [0.29, 0.717) is 0 Å². The van der Waals surface area contributed by atoms with Crippen LogP contribution in [0.15, 0.2) is 36.4 Å². The number of para-hydroxylation sites is 1. The standard InChI is InChI=1S/C18H24N4.2ClH/c1-3-7-17-19-15(2)14-18(20-17)22-12-10-21(11-13-22)16-8-5-4-6-9-16;;/h4-6,8-9,14H,3,7,10-13H2,1-2H3;2*1H. The van der Waals surface area contributed by atoms with E-state index in [4.69, 9.17) is 4.98 Å². The van der Waals surface area contributed by atoms with Crippen LogP contribution in [0.25, 0.3) is 0 Å². The molecule has 0 radical (unpaired) electrons. The van der Waals surface area contributed by atoms with Crippen LogP contribution in [-0.4, -0.2) is 36.1 Å². The van der Waals surface area contributed by atoms with Crippen molar-refractivity contribution in [2.75, 3.05) is 36.0 Å². The highest BCUT2D eigenvalue weighted by atomic mass is 35.5. The minimum Gasteiger partial charge on any atom is -0.368 e. The van der Waals surface area contributed by atoms with Gasteiger partial charge in [0.05, 0.1) is 0 Å². The third kappa shape index (κ3) is 4.99. The van der Waals surface area contributed by atoms with Gasteiger partial charge in [-0.15, -0.1) is 24.8 Å². The van der Waals surface area contributed by atoms with E-state index in [1.54, 1.807) is 0 Å². The van der Waals surface area contributed by atoms with Gasteiger partial charge in [0.15, 0.2) is 0 Å². The zero-order valence-electron chi connectivity index (χ0n) is 14.3. The van der Waals surface area contributed by atoms with Crippen molar-refractivity contribution in [2.45, 2.75) is 26.7 Å². The summed E-state index contributed by atoms with van der Waals surface area (Å²) in [5.74, 6) is 2.06. The maximum atomic E-state index is 4.74. The number of rotatable bonds is 4. The summed E-state index contributed by atoms with van der Waals surface area (Å²) in [6, 6.07) is 12.8. The summed E-state index contributed by atoms with van der Waals surface area (Å²) in [7, 11) is 0. The zero-order chi connectivity index (χ0) is 15.4. The van der Waals surface area contributed by atoms with Gasteiger partial charge in [0, 0.05) is 50.0 Å². The fourth-order valence-corrected chi connectivity index (χ4v) is 2.94. The Hall–Kier alpha value is -1.52. The molecule has 1 aromatic carbocycles. The first-order chi connectivity index (χ1) is 10.8. The van der Waals surface area contributed by atoms with Gasteiger partial charge in [-0.05, 0) is 25.5 Å². The molecule has 0 N–H and O–H groups in total. The average Bonchev–Trinajstić information content (AvgIpc) is 2.56. The van der Waals surface area contributed by atoms with Crippen LogP contribution in [0.2, 0.25) is 0 Å². The molecule has 1 saturated heterocycles. The van der Waals surface area contributed by atoms with Crippen LogP contribution in [0, 0.1) is 6.92 Å². The van der Waals surface area contributed by atoms with Gasteiger partial charge < -0.3 is 9.80 Å². The van der Waals surface area contributed by atoms with Crippen molar-refractivity contribution < 1.29 is 0 Å². The molecule has 0 atom stereocenters. The predicted octanol–water partition coefficient (Wildman–Crippen LogP) is 3.91. The van der Waals surface area contributed by atoms with Crippen molar-refractivity contribution in [3.05, 3.63) is 47.9 Å². The second-order valence-electron chi connectivity index (χ2n) is 5.84. The van der Waals surface area contributed by atoms with E-state index in [2.05, 4.69) is 65.0 Å². The van der Waals surface area contributed by atoms with Crippen molar-refractivity contribution in [2.24, 2.45) is 0 Å². The molecular weight excluding hydrogens is 343 g/mol. The Bertz CT molecular complexity index is 614. The number of anilines is 2. The van der Waals surface area contributed by atoms with Crippen LogP contribution >= 0.6 is 24.8 Å². The Morgan fingerprint density at radius 1 is 0.917 bits per heavy atom. The normalized spacial score (nSPS) is 13.9. The number of nitrogens with zero attached hydrogens (tertiary/aromatic N) is 4. The van der Waals surface area contributed by atoms with E-state index in [1.165, 1.54) is 5.69 Å². The monoisotopic (exact) mass is 368 g/mol. The minimum atomic E-state index is 0. The lowest BCUT2D eigenvalue weighted by atomic mass is 10.2. The van der Waals surface area contributed by atoms with Gasteiger partial charge in [0.1, 0.15) is 11.6 Å². The van der Waals surface area contributed by atoms with Crippen molar-refractivity contribution in [3.8, 4) is 0 Å². The maximum Gasteiger partial charge on any atom is 0.132 e. The van der Waals surface area contributed by atoms with Crippen LogP contribution in [0.1, 0.15) is 24.9 Å². The number of halogens is 2. The molecule has 24 heavy (non-hydrogen) atoms. The highest BCUT2D eigenvalue weighted by molar-refractivity contribution is 5.85. The van der Waals surface area contributed by atoms with Crippen LogP contribution in [0.5, 0.6) is 0 Å². The van der Waals surface area contributed by atoms with Crippen molar-refractivity contribution in [1.29, 1.82) is 0 Å². The number of aromatic nitrogens is 2. The van der Waals surface area contributed by atoms with Gasteiger partial charge in [0.25, 0.3) is 0 Å². The molecule has 0 unspecified atom stereocenters. The van der Waals surface area contributed by atoms with Gasteiger partial charge in [-0.1, -0.05) is 25.1 Å². The largest absolute Gasteiger partial charge is 0.368 e. The zero-order valence-corrected chi connectivity index (χ0v) is 15.9. The molecule has 1 aromatic heterocycles. The molecule has 3 rings (SSSR count). The summed E-state index contributed by atoms with van der Waals surface area (Å²) in [6.45, 7) is 8.33. The Balaban J connectivity index is 0.00000144. The van der Waals surface area contributed by atoms with Gasteiger partial charge in [0.2, 0.25) is 0 Å². The first kappa shape index (κ1) is 20.5. The number of benzene rings is 1. The van der Waals surface area contributed by atoms with Crippen molar-refractivity contribution in [3.63, 3.8) is 0 Å². The molecule has 6 heteroatoms. The Kier molecular flexibility index (Phi) is 8.29. The molecule has 132 valence electrons. The lowest BCUT2D eigenvalue weighted by Gasteiger charge is -2.36. The number of aryl methyl sites for hydroxylation is 2. The fourth-order valence-electron chi connectivity index (χ4n) is 2.94. The van der Waals surface area contributed by atoms with Crippen LogP contribution in [-0.2, 0) is 6.42 Å². The van der Waals surface area contributed by atoms with E-state index in [9.17, 15) is 0 Å². The van der Waals surface area contributed by atoms with E-state index in [-0.39, 0.29) is 24.8 Å². The third-order valence-electron chi connectivity index (χ3n) is 4.09. The number of hydrogen-bond donors (Lipinski definition) is 0. The molecule has 2 heterocycles. The van der Waals surface area contributed by atoms with E-state index >= 15 is 0 Å². The van der Waals surface area contributed by atoms with Crippen molar-refractivity contribution in [1.82, 2.24) is 9.97 Å². The SMILES string of the molecule is CCCc1nc(C)cc(N2CCN(c3ccccc3)CC2)n1.Cl.Cl. The highest BCUT2D eigenvalue weighted by Crippen LogP contribution is 2.19. The summed E-state index contributed by atoms with van der Waals surface area (Å²) < 4.78 is 0. The first-order valence-electron chi connectivity index (χ1n) is 8.16. The topological polar surface area (TPSA) is 32.3 Å². The molecular formula is C18H26Cl2N4. The quantitative estimate of drug-likeness (QED) is 0.818. The average molecular weight is 369 g/mol. The Morgan fingerprint density at radius 3 is 2.17 bits per heavy atom. The fraction of sp³-hybridized carbons (Fsp3) is 0.444. The number of hydrogen-bond acceptors (Lipinski definition) is 4. The molecule has 1 fully saturated rings. The second-order valence-corrected chi connectivity index (χ2v) is 5.84. The molecule has 0 saturated carbocycles. The van der Waals surface area contributed by atoms with Gasteiger partial charge in [-0.25, -0.2) is 9.97 Å². The molecule has 4 nitrogen and oxygen atoms in total. The molecule has 2 aromatic rings. The Morgan fingerprint density at radius 2 is 1.54 bits per heavy atom. The first-order valence-corrected chi connectivity index (χ1v) is 8.16. The molecule has 0 spiro atoms. The second kappa shape index (κ2) is 9.70. The summed E-state index contributed by atoms with van der Waals surface area (Å²) >= 11 is 0.